The summed E-state index contributed by atoms with van der Waals surface area (Å²) in [4.78, 5) is 21.3. The van der Waals surface area contributed by atoms with E-state index in [2.05, 4.69) is 0 Å². The summed E-state index contributed by atoms with van der Waals surface area (Å²) >= 11 is 0. The van der Waals surface area contributed by atoms with Gasteiger partial charge in [0.2, 0.25) is 0 Å². The van der Waals surface area contributed by atoms with E-state index in [1.54, 1.807) is 6.92 Å². The smallest absolute Gasteiger partial charge is 0.306 e. The molecule has 0 rings (SSSR count). The highest BCUT2D eigenvalue weighted by Gasteiger charge is 2.12. The highest BCUT2D eigenvalue weighted by Crippen LogP contribution is 2.02. The van der Waals surface area contributed by atoms with Crippen LogP contribution >= 0.6 is 0 Å². The van der Waals surface area contributed by atoms with E-state index in [4.69, 9.17) is 24.4 Å². The number of carbonyl (C=O) groups is 2. The Kier molecular flexibility index (Phi) is 9.17. The Hall–Kier alpha value is -1.18. The van der Waals surface area contributed by atoms with Crippen LogP contribution in [0.5, 0.6) is 0 Å². The molecule has 2 atom stereocenters. The number of methoxy groups -OCH3 is 1. The molecule has 106 valence electrons. The molecule has 0 fully saturated rings. The van der Waals surface area contributed by atoms with E-state index in [0.29, 0.717) is 0 Å². The minimum Gasteiger partial charge on any atom is -0.481 e. The third-order valence-electron chi connectivity index (χ3n) is 2.05. The SMILES string of the molecule is COC(CO)OCC(C)COC(=O)CCC(=O)O. The molecule has 2 unspecified atom stereocenters. The second-order valence-corrected chi connectivity index (χ2v) is 3.86. The average Bonchev–Trinajstić information content (AvgIpc) is 2.35. The van der Waals surface area contributed by atoms with Crippen LogP contribution in [0, 0.1) is 5.92 Å². The van der Waals surface area contributed by atoms with E-state index in [1.807, 2.05) is 0 Å². The number of aliphatic carboxylic acids is 1. The van der Waals surface area contributed by atoms with Crippen LogP contribution in [0.3, 0.4) is 0 Å². The van der Waals surface area contributed by atoms with Gasteiger partial charge in [0.05, 0.1) is 32.7 Å². The maximum absolute atomic E-state index is 11.1. The third-order valence-corrected chi connectivity index (χ3v) is 2.05. The molecule has 0 aromatic rings. The van der Waals surface area contributed by atoms with Crippen molar-refractivity contribution in [1.29, 1.82) is 0 Å². The molecular formula is C11H20O7. The normalized spacial score (nSPS) is 13.9. The van der Waals surface area contributed by atoms with Crippen molar-refractivity contribution < 1.29 is 34.0 Å². The second-order valence-electron chi connectivity index (χ2n) is 3.86. The Bertz CT molecular complexity index is 250. The lowest BCUT2D eigenvalue weighted by molar-refractivity contribution is -0.160. The van der Waals surface area contributed by atoms with Crippen LogP contribution in [0.1, 0.15) is 19.8 Å². The molecule has 0 saturated carbocycles. The minimum absolute atomic E-state index is 0.0667. The predicted octanol–water partition coefficient (Wildman–Crippen LogP) is 0.0119. The molecule has 0 amide bonds. The van der Waals surface area contributed by atoms with Crippen molar-refractivity contribution in [2.45, 2.75) is 26.1 Å². The van der Waals surface area contributed by atoms with Crippen LogP contribution in [-0.4, -0.2) is 55.4 Å². The zero-order valence-electron chi connectivity index (χ0n) is 10.6. The molecular weight excluding hydrogens is 244 g/mol. The van der Waals surface area contributed by atoms with Gasteiger partial charge >= 0.3 is 11.9 Å². The number of carboxylic acid groups (broad SMARTS) is 1. The summed E-state index contributed by atoms with van der Waals surface area (Å²) < 4.78 is 14.8. The number of esters is 1. The molecule has 0 aromatic heterocycles. The number of carbonyl (C=O) groups excluding carboxylic acids is 1. The molecule has 0 heterocycles. The van der Waals surface area contributed by atoms with Crippen LogP contribution in [0.4, 0.5) is 0 Å². The molecule has 0 radical (unpaired) electrons. The zero-order valence-corrected chi connectivity index (χ0v) is 10.6. The maximum atomic E-state index is 11.1. The fourth-order valence-corrected chi connectivity index (χ4v) is 1.03. The van der Waals surface area contributed by atoms with Gasteiger partial charge in [-0.05, 0) is 0 Å². The molecule has 0 aliphatic heterocycles. The van der Waals surface area contributed by atoms with E-state index in [0.717, 1.165) is 0 Å². The second kappa shape index (κ2) is 9.81. The maximum Gasteiger partial charge on any atom is 0.306 e. The summed E-state index contributed by atoms with van der Waals surface area (Å²) in [6.45, 7) is 1.96. The minimum atomic E-state index is -1.03. The van der Waals surface area contributed by atoms with Crippen molar-refractivity contribution in [1.82, 2.24) is 0 Å². The molecule has 0 saturated heterocycles. The lowest BCUT2D eigenvalue weighted by atomic mass is 10.2. The van der Waals surface area contributed by atoms with Crippen molar-refractivity contribution in [3.8, 4) is 0 Å². The van der Waals surface area contributed by atoms with E-state index in [-0.39, 0.29) is 38.6 Å². The zero-order chi connectivity index (χ0) is 14.0. The van der Waals surface area contributed by atoms with Gasteiger partial charge in [0.1, 0.15) is 0 Å². The predicted molar refractivity (Wildman–Crippen MR) is 60.8 cm³/mol. The molecule has 0 aliphatic carbocycles. The van der Waals surface area contributed by atoms with Gasteiger partial charge in [-0.25, -0.2) is 0 Å². The van der Waals surface area contributed by atoms with Crippen LogP contribution in [0.2, 0.25) is 0 Å². The molecule has 2 N–H and O–H groups in total. The fourth-order valence-electron chi connectivity index (χ4n) is 1.03. The number of rotatable bonds is 10. The standard InChI is InChI=1S/C11H20O7/c1-8(7-18-11(5-12)16-2)6-17-10(15)4-3-9(13)14/h8,11-12H,3-7H2,1-2H3,(H,13,14). The molecule has 0 bridgehead atoms. The molecule has 0 spiro atoms. The summed E-state index contributed by atoms with van der Waals surface area (Å²) in [5.74, 6) is -1.65. The number of hydrogen-bond acceptors (Lipinski definition) is 6. The summed E-state index contributed by atoms with van der Waals surface area (Å²) in [7, 11) is 1.41. The van der Waals surface area contributed by atoms with Gasteiger partial charge in [-0.3, -0.25) is 9.59 Å². The van der Waals surface area contributed by atoms with Crippen LogP contribution < -0.4 is 0 Å². The summed E-state index contributed by atoms with van der Waals surface area (Å²) in [6, 6.07) is 0. The van der Waals surface area contributed by atoms with Crippen LogP contribution in [-0.2, 0) is 23.8 Å². The highest BCUT2D eigenvalue weighted by molar-refractivity contribution is 5.76. The number of carboxylic acids is 1. The first-order valence-electron chi connectivity index (χ1n) is 5.62. The Morgan fingerprint density at radius 1 is 1.22 bits per heavy atom. The Morgan fingerprint density at radius 2 is 1.89 bits per heavy atom. The van der Waals surface area contributed by atoms with Crippen LogP contribution in [0.25, 0.3) is 0 Å². The van der Waals surface area contributed by atoms with Gasteiger partial charge in [-0.1, -0.05) is 6.92 Å². The van der Waals surface area contributed by atoms with Gasteiger partial charge in [0.15, 0.2) is 6.29 Å². The largest absolute Gasteiger partial charge is 0.481 e. The molecule has 0 aromatic carbocycles. The van der Waals surface area contributed by atoms with Gasteiger partial charge in [0, 0.05) is 13.0 Å². The van der Waals surface area contributed by atoms with E-state index < -0.39 is 18.2 Å². The first kappa shape index (κ1) is 16.8. The molecule has 7 heteroatoms. The quantitative estimate of drug-likeness (QED) is 0.423. The van der Waals surface area contributed by atoms with E-state index >= 15 is 0 Å². The fraction of sp³-hybridized carbons (Fsp3) is 0.818. The Morgan fingerprint density at radius 3 is 2.39 bits per heavy atom. The van der Waals surface area contributed by atoms with Gasteiger partial charge in [-0.2, -0.15) is 0 Å². The summed E-state index contributed by atoms with van der Waals surface area (Å²) in [5, 5.41) is 17.2. The number of hydrogen-bond donors (Lipinski definition) is 2. The topological polar surface area (TPSA) is 102 Å². The van der Waals surface area contributed by atoms with Gasteiger partial charge in [-0.15, -0.1) is 0 Å². The first-order valence-corrected chi connectivity index (χ1v) is 5.62. The number of aliphatic hydroxyl groups excluding tert-OH is 1. The van der Waals surface area contributed by atoms with E-state index in [1.165, 1.54) is 7.11 Å². The monoisotopic (exact) mass is 264 g/mol. The van der Waals surface area contributed by atoms with Crippen molar-refractivity contribution in [3.05, 3.63) is 0 Å². The highest BCUT2D eigenvalue weighted by atomic mass is 16.7. The average molecular weight is 264 g/mol. The lowest BCUT2D eigenvalue weighted by Gasteiger charge is -2.17. The lowest BCUT2D eigenvalue weighted by Crippen LogP contribution is -2.24. The molecule has 18 heavy (non-hydrogen) atoms. The molecule has 7 nitrogen and oxygen atoms in total. The van der Waals surface area contributed by atoms with Crippen molar-refractivity contribution in [3.63, 3.8) is 0 Å². The van der Waals surface area contributed by atoms with Crippen molar-refractivity contribution in [2.24, 2.45) is 5.92 Å². The van der Waals surface area contributed by atoms with Crippen molar-refractivity contribution in [2.75, 3.05) is 26.9 Å². The number of ether oxygens (including phenoxy) is 3. The molecule has 0 aliphatic rings. The number of aliphatic hydroxyl groups is 1. The van der Waals surface area contributed by atoms with Gasteiger partial charge in [0.25, 0.3) is 0 Å². The Labute approximate surface area is 106 Å². The Balaban J connectivity index is 3.66. The van der Waals surface area contributed by atoms with E-state index in [9.17, 15) is 9.59 Å². The van der Waals surface area contributed by atoms with Crippen LogP contribution in [0.15, 0.2) is 0 Å². The third kappa shape index (κ3) is 8.91. The van der Waals surface area contributed by atoms with Crippen molar-refractivity contribution >= 4 is 11.9 Å². The first-order chi connectivity index (χ1) is 8.49. The van der Waals surface area contributed by atoms with Gasteiger partial charge < -0.3 is 24.4 Å². The summed E-state index contributed by atoms with van der Waals surface area (Å²) in [5.41, 5.74) is 0. The summed E-state index contributed by atoms with van der Waals surface area (Å²) in [6.07, 6.45) is -1.06.